The van der Waals surface area contributed by atoms with E-state index in [9.17, 15) is 25.2 Å². The third-order valence-corrected chi connectivity index (χ3v) is 10.3. The lowest BCUT2D eigenvalue weighted by Gasteiger charge is -2.42. The number of allylic oxidation sites excluding steroid dienone is 4. The second kappa shape index (κ2) is 18.7. The molecule has 3 rings (SSSR count). The van der Waals surface area contributed by atoms with Crippen LogP contribution in [0.2, 0.25) is 0 Å². The van der Waals surface area contributed by atoms with E-state index in [-0.39, 0.29) is 18.9 Å². The standard InChI is InChI=1S/C36H60N6O6S/c1-34-32(37)38-26-39-33(34)41(27-40-34)36(31(49)30(46)28(24-43)48-36)22-20-18-16-14-12-10-8-6-5-7-9-11-13-15-17-19-21-35(47,23-29(44)45)25-42(2,3)4/h5-6,10,12,26-28,30-31,37,43,46-47H,7-9,11,13-25H2,1-4H3,(H-,44,45,49)/b6-5-,12-10-,37-32?/t28-,30-,31-,34?,35?,36-/m1/s1. The summed E-state index contributed by atoms with van der Waals surface area (Å²) in [6.07, 6.45) is 22.9. The highest BCUT2D eigenvalue weighted by atomic mass is 32.1. The first-order chi connectivity index (χ1) is 23.2. The molecular weight excluding hydrogens is 644 g/mol. The van der Waals surface area contributed by atoms with Crippen molar-refractivity contribution >= 4 is 42.9 Å². The SMILES string of the molecule is CC12N=CN([C@]3(CCCCC/C=C\C/C=C\CCCCCCCCC(O)(CC(=O)[O-])C[N+](C)(C)C)O[C@H](CO)[C@@H](O)[C@H]3S)C1=NC=NC2=N. The van der Waals surface area contributed by atoms with E-state index >= 15 is 0 Å². The molecule has 12 nitrogen and oxygen atoms in total. The van der Waals surface area contributed by atoms with Crippen molar-refractivity contribution in [3.63, 3.8) is 0 Å². The van der Waals surface area contributed by atoms with Crippen LogP contribution in [0.4, 0.5) is 0 Å². The van der Waals surface area contributed by atoms with Gasteiger partial charge in [0, 0.05) is 12.4 Å². The van der Waals surface area contributed by atoms with Gasteiger partial charge in [0.25, 0.3) is 0 Å². The van der Waals surface area contributed by atoms with E-state index in [2.05, 4.69) is 39.3 Å². The minimum absolute atomic E-state index is 0.0845. The number of carboxylic acids is 1. The topological polar surface area (TPSA) is 174 Å². The monoisotopic (exact) mass is 704 g/mol. The van der Waals surface area contributed by atoms with Gasteiger partial charge < -0.3 is 34.4 Å². The molecule has 0 aromatic carbocycles. The minimum Gasteiger partial charge on any atom is -0.550 e. The summed E-state index contributed by atoms with van der Waals surface area (Å²) in [6, 6.07) is 0. The number of likely N-dealkylation sites (N-methyl/N-ethyl adjacent to an activating group) is 1. The summed E-state index contributed by atoms with van der Waals surface area (Å²) in [5.74, 6) is -0.596. The Kier molecular flexibility index (Phi) is 15.7. The lowest BCUT2D eigenvalue weighted by Crippen LogP contribution is -2.59. The zero-order valence-corrected chi connectivity index (χ0v) is 30.9. The van der Waals surface area contributed by atoms with Crippen molar-refractivity contribution in [3.05, 3.63) is 24.3 Å². The van der Waals surface area contributed by atoms with E-state index in [4.69, 9.17) is 22.8 Å². The van der Waals surface area contributed by atoms with Crippen molar-refractivity contribution < 1.29 is 34.4 Å². The van der Waals surface area contributed by atoms with Gasteiger partial charge in [-0.2, -0.15) is 12.6 Å². The van der Waals surface area contributed by atoms with Crippen LogP contribution in [-0.2, 0) is 9.53 Å². The molecule has 2 unspecified atom stereocenters. The average Bonchev–Trinajstić information content (AvgIpc) is 3.50. The number of aliphatic imine (C=N–C) groups is 3. The van der Waals surface area contributed by atoms with E-state index in [0.29, 0.717) is 29.7 Å². The fourth-order valence-corrected chi connectivity index (χ4v) is 7.59. The van der Waals surface area contributed by atoms with Crippen molar-refractivity contribution in [2.75, 3.05) is 34.3 Å². The molecule has 3 aliphatic heterocycles. The van der Waals surface area contributed by atoms with Crippen molar-refractivity contribution in [1.29, 1.82) is 5.41 Å². The fourth-order valence-electron chi connectivity index (χ4n) is 7.08. The Labute approximate surface area is 298 Å². The maximum Gasteiger partial charge on any atom is 0.176 e. The van der Waals surface area contributed by atoms with Gasteiger partial charge in [0.05, 0.1) is 45.4 Å². The smallest absolute Gasteiger partial charge is 0.176 e. The van der Waals surface area contributed by atoms with Crippen molar-refractivity contribution in [2.24, 2.45) is 15.0 Å². The van der Waals surface area contributed by atoms with Crippen LogP contribution in [0.1, 0.15) is 103 Å². The van der Waals surface area contributed by atoms with Crippen LogP contribution < -0.4 is 5.11 Å². The molecule has 3 aliphatic rings. The normalized spacial score (nSPS) is 28.2. The van der Waals surface area contributed by atoms with Crippen LogP contribution in [0.15, 0.2) is 39.3 Å². The first-order valence-corrected chi connectivity index (χ1v) is 18.4. The van der Waals surface area contributed by atoms with Crippen LogP contribution in [0.5, 0.6) is 0 Å². The molecule has 0 aliphatic carbocycles. The van der Waals surface area contributed by atoms with Gasteiger partial charge in [-0.05, 0) is 58.3 Å². The number of aliphatic hydroxyl groups excluding tert-OH is 2. The summed E-state index contributed by atoms with van der Waals surface area (Å²) < 4.78 is 6.83. The number of amidine groups is 2. The number of carbonyl (C=O) groups excluding carboxylic acids is 1. The molecule has 6 atom stereocenters. The Morgan fingerprint density at radius 3 is 2.29 bits per heavy atom. The van der Waals surface area contributed by atoms with Crippen molar-refractivity contribution in [1.82, 2.24) is 4.90 Å². The molecule has 49 heavy (non-hydrogen) atoms. The zero-order chi connectivity index (χ0) is 36.1. The first kappa shape index (κ1) is 41.0. The number of ether oxygens (including phenoxy) is 1. The Morgan fingerprint density at radius 2 is 1.69 bits per heavy atom. The number of nitrogens with zero attached hydrogens (tertiary/aromatic N) is 5. The number of thiol groups is 1. The Morgan fingerprint density at radius 1 is 1.08 bits per heavy atom. The Bertz CT molecular complexity index is 1250. The molecule has 1 fully saturated rings. The molecule has 0 saturated carbocycles. The van der Waals surface area contributed by atoms with Crippen molar-refractivity contribution in [3.8, 4) is 0 Å². The molecule has 0 amide bonds. The molecule has 4 N–H and O–H groups in total. The molecular formula is C36H60N6O6S. The second-order valence-corrected chi connectivity index (χ2v) is 15.6. The lowest BCUT2D eigenvalue weighted by molar-refractivity contribution is -0.877. The fraction of sp³-hybridized carbons (Fsp3) is 0.750. The summed E-state index contributed by atoms with van der Waals surface area (Å²) in [4.78, 5) is 25.9. The third-order valence-electron chi connectivity index (χ3n) is 9.55. The number of hydrogen-bond acceptors (Lipinski definition) is 11. The number of nitrogens with one attached hydrogen (secondary N) is 1. The van der Waals surface area contributed by atoms with E-state index in [1.54, 1.807) is 18.2 Å². The van der Waals surface area contributed by atoms with Gasteiger partial charge in [-0.15, -0.1) is 0 Å². The van der Waals surface area contributed by atoms with Gasteiger partial charge in [0.2, 0.25) is 0 Å². The molecule has 0 bridgehead atoms. The van der Waals surface area contributed by atoms with Gasteiger partial charge in [-0.1, -0.05) is 62.8 Å². The predicted molar refractivity (Wildman–Crippen MR) is 196 cm³/mol. The molecule has 13 heteroatoms. The third kappa shape index (κ3) is 11.5. The summed E-state index contributed by atoms with van der Waals surface area (Å²) in [7, 11) is 5.87. The maximum atomic E-state index is 11.1. The van der Waals surface area contributed by atoms with Gasteiger partial charge in [0.15, 0.2) is 17.1 Å². The molecule has 0 spiro atoms. The summed E-state index contributed by atoms with van der Waals surface area (Å²) in [5, 5.41) is 50.3. The number of hydrogen-bond donors (Lipinski definition) is 5. The van der Waals surface area contributed by atoms with E-state index < -0.39 is 40.3 Å². The van der Waals surface area contributed by atoms with Gasteiger partial charge in [-0.3, -0.25) is 15.3 Å². The largest absolute Gasteiger partial charge is 0.550 e. The highest BCUT2D eigenvalue weighted by Gasteiger charge is 2.60. The van der Waals surface area contributed by atoms with E-state index in [1.807, 2.05) is 21.1 Å². The summed E-state index contributed by atoms with van der Waals surface area (Å²) >= 11 is 4.75. The zero-order valence-electron chi connectivity index (χ0n) is 30.0. The first-order valence-electron chi connectivity index (χ1n) is 17.9. The second-order valence-electron chi connectivity index (χ2n) is 15.0. The van der Waals surface area contributed by atoms with Crippen LogP contribution in [-0.4, -0.2) is 124 Å². The molecule has 0 aromatic heterocycles. The number of unbranched alkanes of at least 4 members (excludes halogenated alkanes) is 9. The Hall–Kier alpha value is -2.42. The molecule has 0 radical (unpaired) electrons. The number of aliphatic carboxylic acids is 1. The number of quaternary nitrogens is 1. The summed E-state index contributed by atoms with van der Waals surface area (Å²) in [6.45, 7) is 1.85. The number of aliphatic hydroxyl groups is 3. The number of carbonyl (C=O) groups is 1. The number of rotatable bonds is 23. The lowest BCUT2D eigenvalue weighted by atomic mass is 9.91. The highest BCUT2D eigenvalue weighted by molar-refractivity contribution is 7.81. The Balaban J connectivity index is 1.28. The maximum absolute atomic E-state index is 11.1. The predicted octanol–water partition coefficient (Wildman–Crippen LogP) is 3.40. The summed E-state index contributed by atoms with van der Waals surface area (Å²) in [5.41, 5.74) is -3.28. The van der Waals surface area contributed by atoms with E-state index in [1.165, 1.54) is 6.34 Å². The van der Waals surface area contributed by atoms with Crippen LogP contribution >= 0.6 is 12.6 Å². The molecule has 3 heterocycles. The van der Waals surface area contributed by atoms with E-state index in [0.717, 1.165) is 77.0 Å². The van der Waals surface area contributed by atoms with Crippen molar-refractivity contribution in [2.45, 2.75) is 138 Å². The van der Waals surface area contributed by atoms with Gasteiger partial charge in [-0.25, -0.2) is 9.98 Å². The molecule has 0 aromatic rings. The van der Waals surface area contributed by atoms with Crippen LogP contribution in [0, 0.1) is 5.41 Å². The molecule has 1 saturated heterocycles. The van der Waals surface area contributed by atoms with Crippen LogP contribution in [0.3, 0.4) is 0 Å². The number of fused-ring (bicyclic) bond motifs is 1. The molecule has 276 valence electrons. The number of carboxylic acid groups (broad SMARTS) is 1. The minimum atomic E-state index is -1.21. The highest BCUT2D eigenvalue weighted by Crippen LogP contribution is 2.44. The van der Waals surface area contributed by atoms with Gasteiger partial charge in [0.1, 0.15) is 30.4 Å². The van der Waals surface area contributed by atoms with Gasteiger partial charge >= 0.3 is 0 Å². The quantitative estimate of drug-likeness (QED) is 0.0469. The average molecular weight is 705 g/mol. The van der Waals surface area contributed by atoms with Crippen LogP contribution in [0.25, 0.3) is 0 Å².